The van der Waals surface area contributed by atoms with Gasteiger partial charge in [-0.15, -0.1) is 0 Å². The SMILES string of the molecule is COC(=O)c1ccc(CN2CCCC(C)(O)CC2)nc1. The van der Waals surface area contributed by atoms with Gasteiger partial charge in [-0.3, -0.25) is 9.88 Å². The van der Waals surface area contributed by atoms with Crippen molar-refractivity contribution in [1.82, 2.24) is 9.88 Å². The first-order valence-electron chi connectivity index (χ1n) is 6.98. The first-order chi connectivity index (χ1) is 9.50. The molecule has 1 aromatic rings. The van der Waals surface area contributed by atoms with Crippen molar-refractivity contribution in [3.8, 4) is 0 Å². The van der Waals surface area contributed by atoms with Gasteiger partial charge >= 0.3 is 5.97 Å². The van der Waals surface area contributed by atoms with Crippen LogP contribution in [0.1, 0.15) is 42.2 Å². The van der Waals surface area contributed by atoms with E-state index < -0.39 is 5.60 Å². The number of hydrogen-bond acceptors (Lipinski definition) is 5. The van der Waals surface area contributed by atoms with E-state index in [2.05, 4.69) is 14.6 Å². The number of carbonyl (C=O) groups excluding carboxylic acids is 1. The number of nitrogens with zero attached hydrogens (tertiary/aromatic N) is 2. The maximum atomic E-state index is 11.3. The van der Waals surface area contributed by atoms with Crippen molar-refractivity contribution in [1.29, 1.82) is 0 Å². The molecule has 1 aromatic heterocycles. The molecule has 5 heteroatoms. The highest BCUT2D eigenvalue weighted by Gasteiger charge is 2.24. The number of rotatable bonds is 3. The van der Waals surface area contributed by atoms with Gasteiger partial charge in [-0.05, 0) is 44.9 Å². The van der Waals surface area contributed by atoms with Crippen LogP contribution in [-0.2, 0) is 11.3 Å². The molecule has 20 heavy (non-hydrogen) atoms. The monoisotopic (exact) mass is 278 g/mol. The summed E-state index contributed by atoms with van der Waals surface area (Å²) < 4.78 is 4.65. The first kappa shape index (κ1) is 14.9. The number of methoxy groups -OCH3 is 1. The second-order valence-corrected chi connectivity index (χ2v) is 5.66. The quantitative estimate of drug-likeness (QED) is 0.851. The molecule has 110 valence electrons. The second-order valence-electron chi connectivity index (χ2n) is 5.66. The molecule has 5 nitrogen and oxygen atoms in total. The maximum Gasteiger partial charge on any atom is 0.339 e. The van der Waals surface area contributed by atoms with Crippen LogP contribution >= 0.6 is 0 Å². The van der Waals surface area contributed by atoms with Crippen molar-refractivity contribution in [3.63, 3.8) is 0 Å². The number of aromatic nitrogens is 1. The van der Waals surface area contributed by atoms with Crippen LogP contribution in [0.25, 0.3) is 0 Å². The molecular formula is C15H22N2O3. The van der Waals surface area contributed by atoms with Gasteiger partial charge in [-0.25, -0.2) is 4.79 Å². The van der Waals surface area contributed by atoms with Crippen LogP contribution in [0, 0.1) is 0 Å². The Morgan fingerprint density at radius 3 is 2.90 bits per heavy atom. The Morgan fingerprint density at radius 1 is 1.45 bits per heavy atom. The number of esters is 1. The van der Waals surface area contributed by atoms with E-state index in [9.17, 15) is 9.90 Å². The Labute approximate surface area is 119 Å². The molecule has 0 aromatic carbocycles. The van der Waals surface area contributed by atoms with Gasteiger partial charge in [0.1, 0.15) is 0 Å². The summed E-state index contributed by atoms with van der Waals surface area (Å²) in [6.07, 6.45) is 4.17. The minimum absolute atomic E-state index is 0.366. The number of likely N-dealkylation sites (tertiary alicyclic amines) is 1. The molecule has 1 aliphatic rings. The fourth-order valence-corrected chi connectivity index (χ4v) is 2.46. The third-order valence-electron chi connectivity index (χ3n) is 3.79. The molecule has 1 aliphatic heterocycles. The Hall–Kier alpha value is -1.46. The summed E-state index contributed by atoms with van der Waals surface area (Å²) in [5.74, 6) is -0.366. The number of aliphatic hydroxyl groups is 1. The van der Waals surface area contributed by atoms with Crippen LogP contribution in [-0.4, -0.2) is 46.8 Å². The third kappa shape index (κ3) is 4.02. The Kier molecular flexibility index (Phi) is 4.73. The predicted molar refractivity (Wildman–Crippen MR) is 75.3 cm³/mol. The number of carbonyl (C=O) groups is 1. The van der Waals surface area contributed by atoms with E-state index in [1.807, 2.05) is 13.0 Å². The molecule has 1 N–H and O–H groups in total. The molecule has 0 bridgehead atoms. The highest BCUT2D eigenvalue weighted by atomic mass is 16.5. The zero-order valence-electron chi connectivity index (χ0n) is 12.1. The zero-order valence-corrected chi connectivity index (χ0v) is 12.1. The molecular weight excluding hydrogens is 256 g/mol. The summed E-state index contributed by atoms with van der Waals surface area (Å²) >= 11 is 0. The average molecular weight is 278 g/mol. The van der Waals surface area contributed by atoms with Crippen LogP contribution in [0.4, 0.5) is 0 Å². The summed E-state index contributed by atoms with van der Waals surface area (Å²) in [5, 5.41) is 10.1. The highest BCUT2D eigenvalue weighted by molar-refractivity contribution is 5.88. The van der Waals surface area contributed by atoms with Gasteiger partial charge in [-0.2, -0.15) is 0 Å². The van der Waals surface area contributed by atoms with Crippen LogP contribution in [0.2, 0.25) is 0 Å². The van der Waals surface area contributed by atoms with Gasteiger partial charge in [0.2, 0.25) is 0 Å². The van der Waals surface area contributed by atoms with Crippen molar-refractivity contribution in [2.75, 3.05) is 20.2 Å². The van der Waals surface area contributed by atoms with E-state index in [4.69, 9.17) is 0 Å². The molecule has 2 heterocycles. The standard InChI is InChI=1S/C15H22N2O3/c1-15(19)6-3-8-17(9-7-15)11-13-5-4-12(10-16-13)14(18)20-2/h4-5,10,19H,3,6-9,11H2,1-2H3. The molecule has 0 amide bonds. The second kappa shape index (κ2) is 6.33. The smallest absolute Gasteiger partial charge is 0.339 e. The van der Waals surface area contributed by atoms with E-state index in [0.29, 0.717) is 5.56 Å². The Bertz CT molecular complexity index is 457. The third-order valence-corrected chi connectivity index (χ3v) is 3.79. The fourth-order valence-electron chi connectivity index (χ4n) is 2.46. The number of hydrogen-bond donors (Lipinski definition) is 1. The molecule has 0 aliphatic carbocycles. The summed E-state index contributed by atoms with van der Waals surface area (Å²) in [4.78, 5) is 17.9. The van der Waals surface area contributed by atoms with Gasteiger partial charge < -0.3 is 9.84 Å². The maximum absolute atomic E-state index is 11.3. The van der Waals surface area contributed by atoms with Crippen LogP contribution in [0.3, 0.4) is 0 Å². The van der Waals surface area contributed by atoms with Gasteiger partial charge in [0.05, 0.1) is 24.0 Å². The van der Waals surface area contributed by atoms with Crippen LogP contribution < -0.4 is 0 Å². The largest absolute Gasteiger partial charge is 0.465 e. The van der Waals surface area contributed by atoms with Gasteiger partial charge in [-0.1, -0.05) is 0 Å². The lowest BCUT2D eigenvalue weighted by Gasteiger charge is -2.22. The molecule has 0 saturated carbocycles. The lowest BCUT2D eigenvalue weighted by molar-refractivity contribution is 0.0443. The first-order valence-corrected chi connectivity index (χ1v) is 6.98. The van der Waals surface area contributed by atoms with Crippen molar-refractivity contribution in [2.24, 2.45) is 0 Å². The fraction of sp³-hybridized carbons (Fsp3) is 0.600. The Balaban J connectivity index is 1.94. The van der Waals surface area contributed by atoms with E-state index in [-0.39, 0.29) is 5.97 Å². The van der Waals surface area contributed by atoms with E-state index in [0.717, 1.165) is 44.6 Å². The van der Waals surface area contributed by atoms with E-state index >= 15 is 0 Å². The normalized spacial score (nSPS) is 24.1. The highest BCUT2D eigenvalue weighted by Crippen LogP contribution is 2.22. The van der Waals surface area contributed by atoms with Crippen molar-refractivity contribution in [2.45, 2.75) is 38.3 Å². The zero-order chi connectivity index (χ0) is 14.6. The Morgan fingerprint density at radius 2 is 2.25 bits per heavy atom. The summed E-state index contributed by atoms with van der Waals surface area (Å²) in [7, 11) is 1.36. The van der Waals surface area contributed by atoms with Gasteiger partial charge in [0, 0.05) is 19.3 Å². The minimum atomic E-state index is -0.545. The molecule has 1 saturated heterocycles. The molecule has 0 radical (unpaired) electrons. The van der Waals surface area contributed by atoms with Crippen LogP contribution in [0.15, 0.2) is 18.3 Å². The van der Waals surface area contributed by atoms with E-state index in [1.54, 1.807) is 12.3 Å². The summed E-state index contributed by atoms with van der Waals surface area (Å²) in [5.41, 5.74) is 0.853. The molecule has 1 fully saturated rings. The number of pyridine rings is 1. The van der Waals surface area contributed by atoms with Gasteiger partial charge in [0.15, 0.2) is 0 Å². The average Bonchev–Trinajstić information content (AvgIpc) is 2.60. The molecule has 0 spiro atoms. The van der Waals surface area contributed by atoms with E-state index in [1.165, 1.54) is 7.11 Å². The minimum Gasteiger partial charge on any atom is -0.465 e. The summed E-state index contributed by atoms with van der Waals surface area (Å²) in [6.45, 7) is 4.49. The lowest BCUT2D eigenvalue weighted by atomic mass is 9.98. The van der Waals surface area contributed by atoms with Crippen molar-refractivity contribution < 1.29 is 14.6 Å². The predicted octanol–water partition coefficient (Wildman–Crippen LogP) is 1.61. The van der Waals surface area contributed by atoms with Crippen molar-refractivity contribution in [3.05, 3.63) is 29.6 Å². The van der Waals surface area contributed by atoms with Gasteiger partial charge in [0.25, 0.3) is 0 Å². The summed E-state index contributed by atoms with van der Waals surface area (Å²) in [6, 6.07) is 3.59. The molecule has 1 atom stereocenters. The van der Waals surface area contributed by atoms with Crippen LogP contribution in [0.5, 0.6) is 0 Å². The topological polar surface area (TPSA) is 62.7 Å². The number of ether oxygens (including phenoxy) is 1. The molecule has 1 unspecified atom stereocenters. The van der Waals surface area contributed by atoms with Crippen molar-refractivity contribution >= 4 is 5.97 Å². The lowest BCUT2D eigenvalue weighted by Crippen LogP contribution is -2.28. The molecule has 2 rings (SSSR count).